The van der Waals surface area contributed by atoms with Crippen molar-refractivity contribution in [2.45, 2.75) is 37.7 Å². The molecule has 0 saturated carbocycles. The van der Waals surface area contributed by atoms with Gasteiger partial charge in [-0.3, -0.25) is 9.59 Å². The molecule has 2 amide bonds. The molecule has 0 spiro atoms. The van der Waals surface area contributed by atoms with Gasteiger partial charge in [0.2, 0.25) is 5.91 Å². The van der Waals surface area contributed by atoms with Gasteiger partial charge in [0.15, 0.2) is 5.82 Å². The van der Waals surface area contributed by atoms with Crippen LogP contribution in [0.2, 0.25) is 5.02 Å². The fraction of sp³-hybridized carbons (Fsp3) is 0.292. The molecule has 0 bridgehead atoms. The lowest BCUT2D eigenvalue weighted by molar-refractivity contribution is -0.114. The Morgan fingerprint density at radius 3 is 2.74 bits per heavy atom. The van der Waals surface area contributed by atoms with E-state index in [-0.39, 0.29) is 17.2 Å². The highest BCUT2D eigenvalue weighted by Gasteiger charge is 2.32. The van der Waals surface area contributed by atoms with Gasteiger partial charge in [-0.05, 0) is 38.1 Å². The molecule has 0 saturated heterocycles. The van der Waals surface area contributed by atoms with Gasteiger partial charge in [-0.1, -0.05) is 23.7 Å². The molecule has 2 heterocycles. The van der Waals surface area contributed by atoms with Crippen LogP contribution < -0.4 is 10.2 Å². The second-order valence-corrected chi connectivity index (χ2v) is 11.0. The van der Waals surface area contributed by atoms with E-state index in [0.717, 1.165) is 11.3 Å². The van der Waals surface area contributed by atoms with Crippen molar-refractivity contribution < 1.29 is 19.1 Å². The van der Waals surface area contributed by atoms with Gasteiger partial charge >= 0.3 is 0 Å². The molecule has 4 rings (SSSR count). The Morgan fingerprint density at radius 2 is 2.06 bits per heavy atom. The summed E-state index contributed by atoms with van der Waals surface area (Å²) in [6, 6.07) is 10.3. The van der Waals surface area contributed by atoms with Gasteiger partial charge in [0.25, 0.3) is 5.91 Å². The summed E-state index contributed by atoms with van der Waals surface area (Å²) in [6.45, 7) is 5.06. The van der Waals surface area contributed by atoms with Gasteiger partial charge in [-0.25, -0.2) is 9.37 Å². The van der Waals surface area contributed by atoms with Crippen molar-refractivity contribution in [1.82, 2.24) is 4.98 Å². The number of fused-ring (bicyclic) bond motifs is 1. The third-order valence-electron chi connectivity index (χ3n) is 5.06. The van der Waals surface area contributed by atoms with E-state index in [4.69, 9.17) is 11.6 Å². The van der Waals surface area contributed by atoms with Crippen molar-refractivity contribution >= 4 is 57.9 Å². The van der Waals surface area contributed by atoms with E-state index in [9.17, 15) is 14.7 Å². The van der Waals surface area contributed by atoms with Crippen LogP contribution in [0.3, 0.4) is 0 Å². The number of para-hydroxylation sites is 1. The van der Waals surface area contributed by atoms with E-state index < -0.39 is 17.3 Å². The molecule has 0 fully saturated rings. The minimum Gasteiger partial charge on any atom is -0.390 e. The maximum Gasteiger partial charge on any atom is 0.270 e. The average Bonchev–Trinajstić information content (AvgIpc) is 3.19. The van der Waals surface area contributed by atoms with E-state index in [1.165, 1.54) is 24.8 Å². The summed E-state index contributed by atoms with van der Waals surface area (Å²) in [5.74, 6) is -0.936. The molecule has 1 aliphatic heterocycles. The van der Waals surface area contributed by atoms with Gasteiger partial charge in [-0.15, -0.1) is 23.1 Å². The number of carbonyl (C=O) groups excluding carboxylic acids is 2. The monoisotopic (exact) mass is 519 g/mol. The molecule has 0 aliphatic carbocycles. The smallest absolute Gasteiger partial charge is 0.270 e. The Labute approximate surface area is 210 Å². The van der Waals surface area contributed by atoms with Crippen LogP contribution in [0.1, 0.15) is 36.1 Å². The van der Waals surface area contributed by atoms with Crippen LogP contribution in [0.5, 0.6) is 0 Å². The van der Waals surface area contributed by atoms with E-state index >= 15 is 4.39 Å². The number of nitrogens with one attached hydrogen (secondary N) is 1. The van der Waals surface area contributed by atoms with Gasteiger partial charge in [0.1, 0.15) is 9.88 Å². The topological polar surface area (TPSA) is 82.5 Å². The number of halogens is 2. The Bertz CT molecular complexity index is 1270. The zero-order valence-corrected chi connectivity index (χ0v) is 21.2. The number of benzene rings is 2. The van der Waals surface area contributed by atoms with E-state index in [1.807, 2.05) is 6.07 Å². The molecule has 0 unspecified atom stereocenters. The lowest BCUT2D eigenvalue weighted by Crippen LogP contribution is -2.37. The number of thiazole rings is 1. The molecule has 1 aromatic heterocycles. The lowest BCUT2D eigenvalue weighted by atomic mass is 10.1. The third kappa shape index (κ3) is 5.12. The minimum atomic E-state index is -0.970. The maximum atomic E-state index is 15.6. The van der Waals surface area contributed by atoms with Crippen LogP contribution in [0.15, 0.2) is 41.3 Å². The number of rotatable bonds is 6. The summed E-state index contributed by atoms with van der Waals surface area (Å²) in [7, 11) is 0. The molecule has 2 aromatic carbocycles. The van der Waals surface area contributed by atoms with Crippen molar-refractivity contribution in [2.75, 3.05) is 22.5 Å². The van der Waals surface area contributed by atoms with Gasteiger partial charge in [0, 0.05) is 30.5 Å². The number of hydrogen-bond donors (Lipinski definition) is 2. The second kappa shape index (κ2) is 9.65. The zero-order chi connectivity index (χ0) is 24.6. The summed E-state index contributed by atoms with van der Waals surface area (Å²) in [5, 5.41) is 13.5. The summed E-state index contributed by atoms with van der Waals surface area (Å²) < 4.78 is 15.6. The quantitative estimate of drug-likeness (QED) is 0.413. The van der Waals surface area contributed by atoms with E-state index in [0.29, 0.717) is 49.9 Å². The Morgan fingerprint density at radius 1 is 1.32 bits per heavy atom. The number of carbonyl (C=O) groups is 2. The summed E-state index contributed by atoms with van der Waals surface area (Å²) in [5.41, 5.74) is 0.498. The van der Waals surface area contributed by atoms with Gasteiger partial charge < -0.3 is 15.3 Å². The Kier molecular flexibility index (Phi) is 7.00. The second-order valence-electron chi connectivity index (χ2n) is 8.54. The highest BCUT2D eigenvalue weighted by Crippen LogP contribution is 2.42. The molecule has 34 heavy (non-hydrogen) atoms. The summed E-state index contributed by atoms with van der Waals surface area (Å²) >= 11 is 8.71. The SMILES string of the molecule is CC(=O)Nc1ccc(SCC(C)(C)O)c(-c2nc3c(s2)C(=O)N(c2ccccc2Cl)CC3)c1F. The molecule has 3 aromatic rings. The number of thioether (sulfide) groups is 1. The highest BCUT2D eigenvalue weighted by atomic mass is 35.5. The van der Waals surface area contributed by atoms with E-state index in [2.05, 4.69) is 10.3 Å². The average molecular weight is 520 g/mol. The molecule has 0 atom stereocenters. The molecule has 10 heteroatoms. The molecular weight excluding hydrogens is 497 g/mol. The molecule has 178 valence electrons. The maximum absolute atomic E-state index is 15.6. The molecule has 6 nitrogen and oxygen atoms in total. The molecule has 2 N–H and O–H groups in total. The van der Waals surface area contributed by atoms with Gasteiger partial charge in [-0.2, -0.15) is 0 Å². The minimum absolute atomic E-state index is 0.0345. The van der Waals surface area contributed by atoms with E-state index in [1.54, 1.807) is 43.0 Å². The fourth-order valence-corrected chi connectivity index (χ4v) is 5.98. The van der Waals surface area contributed by atoms with Crippen molar-refractivity contribution in [3.63, 3.8) is 0 Å². The first-order valence-electron chi connectivity index (χ1n) is 10.6. The van der Waals surface area contributed by atoms with Crippen LogP contribution in [-0.4, -0.2) is 39.8 Å². The first-order chi connectivity index (χ1) is 16.0. The van der Waals surface area contributed by atoms with Crippen LogP contribution in [-0.2, 0) is 11.2 Å². The number of hydrogen-bond acceptors (Lipinski definition) is 6. The van der Waals surface area contributed by atoms with Crippen LogP contribution in [0.4, 0.5) is 15.8 Å². The number of aliphatic hydroxyl groups is 1. The predicted molar refractivity (Wildman–Crippen MR) is 136 cm³/mol. The zero-order valence-electron chi connectivity index (χ0n) is 18.8. The molecule has 1 aliphatic rings. The highest BCUT2D eigenvalue weighted by molar-refractivity contribution is 7.99. The Balaban J connectivity index is 1.76. The standard InChI is InChI=1S/C24H23ClFN3O3S2/c1-13(30)27-15-8-9-18(33-12-24(2,3)32)19(20(15)26)22-28-16-10-11-29(23(31)21(16)34-22)17-7-5-4-6-14(17)25/h4-9,32H,10-12H2,1-3H3,(H,27,30). The van der Waals surface area contributed by atoms with Crippen molar-refractivity contribution in [2.24, 2.45) is 0 Å². The number of anilines is 2. The first kappa shape index (κ1) is 24.7. The predicted octanol–water partition coefficient (Wildman–Crippen LogP) is 5.63. The van der Waals surface area contributed by atoms with Crippen molar-refractivity contribution in [1.29, 1.82) is 0 Å². The normalized spacial score (nSPS) is 13.7. The summed E-state index contributed by atoms with van der Waals surface area (Å²) in [4.78, 5) is 32.1. The summed E-state index contributed by atoms with van der Waals surface area (Å²) in [6.07, 6.45) is 0.502. The van der Waals surface area contributed by atoms with Crippen molar-refractivity contribution in [3.8, 4) is 10.6 Å². The fourth-order valence-electron chi connectivity index (χ4n) is 3.56. The van der Waals surface area contributed by atoms with Crippen LogP contribution in [0, 0.1) is 5.82 Å². The Hall–Kier alpha value is -2.46. The van der Waals surface area contributed by atoms with Crippen molar-refractivity contribution in [3.05, 3.63) is 57.8 Å². The first-order valence-corrected chi connectivity index (χ1v) is 12.7. The molecular formula is C24H23ClFN3O3S2. The van der Waals surface area contributed by atoms with Crippen LogP contribution in [0.25, 0.3) is 10.6 Å². The number of nitrogens with zero attached hydrogens (tertiary/aromatic N) is 2. The lowest BCUT2D eigenvalue weighted by Gasteiger charge is -2.26. The largest absolute Gasteiger partial charge is 0.390 e. The number of aromatic nitrogens is 1. The van der Waals surface area contributed by atoms with Crippen LogP contribution >= 0.6 is 34.7 Å². The van der Waals surface area contributed by atoms with Gasteiger partial charge in [0.05, 0.1) is 33.3 Å². The molecule has 0 radical (unpaired) electrons. The third-order valence-corrected chi connectivity index (χ3v) is 7.99. The number of amides is 2.